The van der Waals surface area contributed by atoms with Crippen LogP contribution in [0.3, 0.4) is 0 Å². The van der Waals surface area contributed by atoms with Crippen molar-refractivity contribution in [1.82, 2.24) is 10.2 Å². The van der Waals surface area contributed by atoms with E-state index in [0.717, 1.165) is 44.5 Å². The molecule has 0 spiro atoms. The average molecular weight is 344 g/mol. The molecule has 0 saturated carbocycles. The van der Waals surface area contributed by atoms with Crippen LogP contribution in [0.5, 0.6) is 11.5 Å². The number of fused-ring (bicyclic) bond motifs is 3. The number of ether oxygens (including phenoxy) is 2. The molecule has 0 unspecified atom stereocenters. The van der Waals surface area contributed by atoms with E-state index < -0.39 is 0 Å². The summed E-state index contributed by atoms with van der Waals surface area (Å²) in [7, 11) is 1.62. The first kappa shape index (κ1) is 17.8. The number of nitrogens with zero attached hydrogens (tertiary/aromatic N) is 1. The first-order chi connectivity index (χ1) is 12.0. The van der Waals surface area contributed by atoms with E-state index >= 15 is 0 Å². The molecular weight excluding hydrogens is 316 g/mol. The van der Waals surface area contributed by atoms with E-state index in [1.807, 2.05) is 38.1 Å². The molecule has 3 aliphatic rings. The van der Waals surface area contributed by atoms with Crippen LogP contribution >= 0.6 is 0 Å². The maximum absolute atomic E-state index is 12.4. The molecule has 25 heavy (non-hydrogen) atoms. The number of methoxy groups -OCH3 is 1. The van der Waals surface area contributed by atoms with E-state index in [9.17, 15) is 4.79 Å². The molecular formula is C20H28N2O3. The summed E-state index contributed by atoms with van der Waals surface area (Å²) in [6.45, 7) is 7.25. The van der Waals surface area contributed by atoms with Crippen LogP contribution in [0.4, 0.5) is 0 Å². The SMILES string of the molecule is COc1cc(/C=C/C(=O)NC23CCN(CC2)CC3)ccc1OC(C)C. The smallest absolute Gasteiger partial charge is 0.244 e. The Hall–Kier alpha value is -2.01. The summed E-state index contributed by atoms with van der Waals surface area (Å²) in [6, 6.07) is 5.70. The first-order valence-electron chi connectivity index (χ1n) is 9.07. The lowest BCUT2D eigenvalue weighted by atomic mass is 9.80. The number of hydrogen-bond donors (Lipinski definition) is 1. The van der Waals surface area contributed by atoms with Crippen LogP contribution < -0.4 is 14.8 Å². The molecule has 2 bridgehead atoms. The molecule has 3 aliphatic heterocycles. The van der Waals surface area contributed by atoms with Gasteiger partial charge in [-0.15, -0.1) is 0 Å². The van der Waals surface area contributed by atoms with Gasteiger partial charge >= 0.3 is 0 Å². The third-order valence-electron chi connectivity index (χ3n) is 5.09. The van der Waals surface area contributed by atoms with Gasteiger partial charge in [-0.3, -0.25) is 4.79 Å². The number of piperidine rings is 3. The van der Waals surface area contributed by atoms with Gasteiger partial charge in [0.25, 0.3) is 0 Å². The summed E-state index contributed by atoms with van der Waals surface area (Å²) < 4.78 is 11.1. The van der Waals surface area contributed by atoms with Crippen molar-refractivity contribution in [3.63, 3.8) is 0 Å². The molecule has 1 N–H and O–H groups in total. The van der Waals surface area contributed by atoms with E-state index in [2.05, 4.69) is 10.2 Å². The lowest BCUT2D eigenvalue weighted by Crippen LogP contribution is -2.60. The second kappa shape index (κ2) is 7.48. The van der Waals surface area contributed by atoms with Crippen LogP contribution in [0.2, 0.25) is 0 Å². The van der Waals surface area contributed by atoms with Gasteiger partial charge in [-0.2, -0.15) is 0 Å². The highest BCUT2D eigenvalue weighted by Crippen LogP contribution is 2.32. The van der Waals surface area contributed by atoms with Crippen molar-refractivity contribution in [3.8, 4) is 11.5 Å². The minimum absolute atomic E-state index is 0.00280. The molecule has 0 atom stereocenters. The third-order valence-corrected chi connectivity index (χ3v) is 5.09. The minimum Gasteiger partial charge on any atom is -0.493 e. The van der Waals surface area contributed by atoms with Gasteiger partial charge in [0.1, 0.15) is 0 Å². The molecule has 5 nitrogen and oxygen atoms in total. The highest BCUT2D eigenvalue weighted by molar-refractivity contribution is 5.92. The number of rotatable bonds is 6. The monoisotopic (exact) mass is 344 g/mol. The summed E-state index contributed by atoms with van der Waals surface area (Å²) in [5.74, 6) is 1.37. The molecule has 1 aromatic carbocycles. The van der Waals surface area contributed by atoms with E-state index in [1.165, 1.54) is 0 Å². The summed E-state index contributed by atoms with van der Waals surface area (Å²) in [5, 5.41) is 3.25. The Morgan fingerprint density at radius 2 is 1.88 bits per heavy atom. The third kappa shape index (κ3) is 4.34. The Morgan fingerprint density at radius 3 is 2.48 bits per heavy atom. The Labute approximate surface area is 150 Å². The number of nitrogens with one attached hydrogen (secondary N) is 1. The highest BCUT2D eigenvalue weighted by atomic mass is 16.5. The topological polar surface area (TPSA) is 50.8 Å². The summed E-state index contributed by atoms with van der Waals surface area (Å²) >= 11 is 0. The van der Waals surface area contributed by atoms with Gasteiger partial charge in [0.2, 0.25) is 5.91 Å². The van der Waals surface area contributed by atoms with Gasteiger partial charge in [-0.05, 0) is 56.9 Å². The van der Waals surface area contributed by atoms with Crippen molar-refractivity contribution in [2.45, 2.75) is 44.8 Å². The van der Waals surface area contributed by atoms with Crippen molar-refractivity contribution in [2.24, 2.45) is 0 Å². The van der Waals surface area contributed by atoms with Crippen LogP contribution in [-0.4, -0.2) is 49.2 Å². The Bertz CT molecular complexity index is 633. The number of carbonyl (C=O) groups excluding carboxylic acids is 1. The highest BCUT2D eigenvalue weighted by Gasteiger charge is 2.39. The molecule has 0 aromatic heterocycles. The number of amides is 1. The minimum atomic E-state index is -0.0168. The standard InChI is InChI=1S/C20H28N2O3/c1-15(2)25-17-6-4-16(14-18(17)24-3)5-7-19(23)21-20-8-11-22(12-9-20)13-10-20/h4-7,14-15H,8-13H2,1-3H3,(H,21,23)/b7-5+. The molecule has 136 valence electrons. The second-order valence-electron chi connectivity index (χ2n) is 7.27. The van der Waals surface area contributed by atoms with Gasteiger partial charge in [-0.1, -0.05) is 6.07 Å². The van der Waals surface area contributed by atoms with Crippen LogP contribution in [-0.2, 0) is 4.79 Å². The maximum atomic E-state index is 12.4. The van der Waals surface area contributed by atoms with Crippen LogP contribution in [0.15, 0.2) is 24.3 Å². The largest absolute Gasteiger partial charge is 0.493 e. The molecule has 3 saturated heterocycles. The fourth-order valence-electron chi connectivity index (χ4n) is 3.63. The van der Waals surface area contributed by atoms with E-state index in [1.54, 1.807) is 13.2 Å². The normalized spacial score (nSPS) is 25.4. The Kier molecular flexibility index (Phi) is 5.33. The zero-order valence-corrected chi connectivity index (χ0v) is 15.4. The van der Waals surface area contributed by atoms with E-state index in [-0.39, 0.29) is 17.6 Å². The van der Waals surface area contributed by atoms with Gasteiger partial charge in [-0.25, -0.2) is 0 Å². The maximum Gasteiger partial charge on any atom is 0.244 e. The number of benzene rings is 1. The molecule has 4 rings (SSSR count). The van der Waals surface area contributed by atoms with Gasteiger partial charge in [0, 0.05) is 31.2 Å². The van der Waals surface area contributed by atoms with Crippen LogP contribution in [0, 0.1) is 0 Å². The van der Waals surface area contributed by atoms with Gasteiger partial charge < -0.3 is 19.7 Å². The van der Waals surface area contributed by atoms with Crippen molar-refractivity contribution in [3.05, 3.63) is 29.8 Å². The summed E-state index contributed by atoms with van der Waals surface area (Å²) in [4.78, 5) is 14.8. The lowest BCUT2D eigenvalue weighted by Gasteiger charge is -2.48. The van der Waals surface area contributed by atoms with Crippen LogP contribution in [0.25, 0.3) is 6.08 Å². The Balaban J connectivity index is 1.63. The van der Waals surface area contributed by atoms with Gasteiger partial charge in [0.05, 0.1) is 13.2 Å². The summed E-state index contributed by atoms with van der Waals surface area (Å²) in [5.41, 5.74) is 0.919. The zero-order valence-electron chi connectivity index (χ0n) is 15.4. The molecule has 3 heterocycles. The van der Waals surface area contributed by atoms with Crippen molar-refractivity contribution in [2.75, 3.05) is 26.7 Å². The average Bonchev–Trinajstić information content (AvgIpc) is 2.61. The number of hydrogen-bond acceptors (Lipinski definition) is 4. The Morgan fingerprint density at radius 1 is 1.20 bits per heavy atom. The molecule has 3 fully saturated rings. The molecule has 1 aromatic rings. The fourth-order valence-corrected chi connectivity index (χ4v) is 3.63. The van der Waals surface area contributed by atoms with Gasteiger partial charge in [0.15, 0.2) is 11.5 Å². The zero-order chi connectivity index (χ0) is 17.9. The molecule has 0 radical (unpaired) electrons. The van der Waals surface area contributed by atoms with E-state index in [4.69, 9.17) is 9.47 Å². The van der Waals surface area contributed by atoms with Crippen LogP contribution in [0.1, 0.15) is 38.7 Å². The second-order valence-corrected chi connectivity index (χ2v) is 7.27. The first-order valence-corrected chi connectivity index (χ1v) is 9.07. The molecule has 5 heteroatoms. The molecule has 0 aliphatic carbocycles. The predicted molar refractivity (Wildman–Crippen MR) is 99.0 cm³/mol. The van der Waals surface area contributed by atoms with E-state index in [0.29, 0.717) is 11.5 Å². The predicted octanol–water partition coefficient (Wildman–Crippen LogP) is 2.85. The van der Waals surface area contributed by atoms with Crippen molar-refractivity contribution < 1.29 is 14.3 Å². The summed E-state index contributed by atoms with van der Waals surface area (Å²) in [6.07, 6.45) is 6.70. The number of carbonyl (C=O) groups is 1. The quantitative estimate of drug-likeness (QED) is 0.806. The lowest BCUT2D eigenvalue weighted by molar-refractivity contribution is -0.119. The molecule has 1 amide bonds. The fraction of sp³-hybridized carbons (Fsp3) is 0.550. The van der Waals surface area contributed by atoms with Crippen molar-refractivity contribution >= 4 is 12.0 Å². The van der Waals surface area contributed by atoms with Crippen molar-refractivity contribution in [1.29, 1.82) is 0 Å².